The smallest absolute Gasteiger partial charge is 0.0637 e. The molecule has 1 aromatic rings. The largest absolute Gasteiger partial charge is 0.381 e. The van der Waals surface area contributed by atoms with Crippen molar-refractivity contribution in [1.82, 2.24) is 0 Å². The number of nitrogens with one attached hydrogen (secondary N) is 1. The lowest BCUT2D eigenvalue weighted by Crippen LogP contribution is -2.21. The van der Waals surface area contributed by atoms with Crippen molar-refractivity contribution >= 4 is 17.3 Å². The van der Waals surface area contributed by atoms with Crippen LogP contribution in [0.25, 0.3) is 0 Å². The summed E-state index contributed by atoms with van der Waals surface area (Å²) in [6, 6.07) is 6.75. The number of halogens is 1. The molecule has 0 heterocycles. The van der Waals surface area contributed by atoms with E-state index in [9.17, 15) is 0 Å². The van der Waals surface area contributed by atoms with Gasteiger partial charge in [0.25, 0.3) is 0 Å². The molecule has 1 N–H and O–H groups in total. The second kappa shape index (κ2) is 4.44. The Hall–Kier alpha value is -0.690. The quantitative estimate of drug-likeness (QED) is 0.791. The maximum Gasteiger partial charge on any atom is 0.0637 e. The number of anilines is 1. The summed E-state index contributed by atoms with van der Waals surface area (Å²) in [5, 5.41) is 4.40. The van der Waals surface area contributed by atoms with Crippen LogP contribution >= 0.6 is 11.6 Å². The van der Waals surface area contributed by atoms with Crippen molar-refractivity contribution < 1.29 is 0 Å². The van der Waals surface area contributed by atoms with Gasteiger partial charge in [0.15, 0.2) is 0 Å². The zero-order valence-electron chi connectivity index (χ0n) is 9.39. The minimum Gasteiger partial charge on any atom is -0.381 e. The van der Waals surface area contributed by atoms with Gasteiger partial charge in [-0.25, -0.2) is 0 Å². The number of hydrogen-bond donors (Lipinski definition) is 1. The van der Waals surface area contributed by atoms with E-state index in [2.05, 4.69) is 25.2 Å². The predicted molar refractivity (Wildman–Crippen MR) is 66.6 cm³/mol. The standard InChI is InChI=1S/C13H18ClN/c1-9-6-7-11(14)13(8-9)15-12-5-3-4-10(12)2/h6-8,10,12,15H,3-5H2,1-2H3. The second-order valence-electron chi connectivity index (χ2n) is 4.64. The molecular weight excluding hydrogens is 206 g/mol. The molecule has 82 valence electrons. The van der Waals surface area contributed by atoms with Gasteiger partial charge in [0.05, 0.1) is 10.7 Å². The van der Waals surface area contributed by atoms with E-state index < -0.39 is 0 Å². The molecule has 0 bridgehead atoms. The third-order valence-corrected chi connectivity index (χ3v) is 3.65. The molecule has 2 atom stereocenters. The van der Waals surface area contributed by atoms with Crippen molar-refractivity contribution in [2.24, 2.45) is 5.92 Å². The SMILES string of the molecule is Cc1ccc(Cl)c(NC2CCCC2C)c1. The summed E-state index contributed by atoms with van der Waals surface area (Å²) in [6.07, 6.45) is 3.94. The lowest BCUT2D eigenvalue weighted by atomic mass is 10.1. The van der Waals surface area contributed by atoms with Gasteiger partial charge in [0.1, 0.15) is 0 Å². The van der Waals surface area contributed by atoms with Gasteiger partial charge in [-0.05, 0) is 43.4 Å². The summed E-state index contributed by atoms with van der Waals surface area (Å²) in [5.74, 6) is 0.765. The van der Waals surface area contributed by atoms with Crippen molar-refractivity contribution in [1.29, 1.82) is 0 Å². The molecule has 15 heavy (non-hydrogen) atoms. The van der Waals surface area contributed by atoms with Crippen molar-refractivity contribution in [3.05, 3.63) is 28.8 Å². The van der Waals surface area contributed by atoms with Crippen LogP contribution in [0.4, 0.5) is 5.69 Å². The molecular formula is C13H18ClN. The fourth-order valence-electron chi connectivity index (χ4n) is 2.31. The van der Waals surface area contributed by atoms with Gasteiger partial charge in [0.2, 0.25) is 0 Å². The molecule has 1 aliphatic rings. The first-order valence-electron chi connectivity index (χ1n) is 5.69. The molecule has 1 nitrogen and oxygen atoms in total. The Morgan fingerprint density at radius 3 is 2.80 bits per heavy atom. The van der Waals surface area contributed by atoms with E-state index in [0.717, 1.165) is 16.6 Å². The van der Waals surface area contributed by atoms with Crippen LogP contribution < -0.4 is 5.32 Å². The molecule has 1 fully saturated rings. The normalized spacial score (nSPS) is 25.5. The first-order valence-corrected chi connectivity index (χ1v) is 6.07. The van der Waals surface area contributed by atoms with Crippen molar-refractivity contribution in [2.45, 2.75) is 39.2 Å². The van der Waals surface area contributed by atoms with Crippen molar-refractivity contribution in [3.8, 4) is 0 Å². The third-order valence-electron chi connectivity index (χ3n) is 3.32. The molecule has 2 rings (SSSR count). The van der Waals surface area contributed by atoms with Gasteiger partial charge in [-0.15, -0.1) is 0 Å². The van der Waals surface area contributed by atoms with Gasteiger partial charge in [-0.2, -0.15) is 0 Å². The van der Waals surface area contributed by atoms with Crippen LogP contribution in [-0.4, -0.2) is 6.04 Å². The van der Waals surface area contributed by atoms with Crippen molar-refractivity contribution in [2.75, 3.05) is 5.32 Å². The van der Waals surface area contributed by atoms with E-state index in [4.69, 9.17) is 11.6 Å². The highest BCUT2D eigenvalue weighted by Crippen LogP contribution is 2.31. The number of rotatable bonds is 2. The van der Waals surface area contributed by atoms with Crippen LogP contribution in [0.5, 0.6) is 0 Å². The van der Waals surface area contributed by atoms with Gasteiger partial charge < -0.3 is 5.32 Å². The highest BCUT2D eigenvalue weighted by Gasteiger charge is 2.23. The first kappa shape index (κ1) is 10.8. The van der Waals surface area contributed by atoms with E-state index in [1.54, 1.807) is 0 Å². The van der Waals surface area contributed by atoms with Crippen LogP contribution in [0.2, 0.25) is 5.02 Å². The Balaban J connectivity index is 2.12. The Labute approximate surface area is 96.8 Å². The summed E-state index contributed by atoms with van der Waals surface area (Å²) in [4.78, 5) is 0. The Morgan fingerprint density at radius 2 is 2.13 bits per heavy atom. The zero-order chi connectivity index (χ0) is 10.8. The van der Waals surface area contributed by atoms with Gasteiger partial charge in [-0.3, -0.25) is 0 Å². The molecule has 0 aromatic heterocycles. The van der Waals surface area contributed by atoms with Crippen LogP contribution in [0, 0.1) is 12.8 Å². The summed E-state index contributed by atoms with van der Waals surface area (Å²) in [6.45, 7) is 4.41. The fourth-order valence-corrected chi connectivity index (χ4v) is 2.48. The maximum absolute atomic E-state index is 6.16. The second-order valence-corrected chi connectivity index (χ2v) is 5.05. The van der Waals surface area contributed by atoms with E-state index in [1.165, 1.54) is 24.8 Å². The average Bonchev–Trinajstić information content (AvgIpc) is 2.58. The Bertz CT molecular complexity index is 348. The third kappa shape index (κ3) is 2.46. The van der Waals surface area contributed by atoms with Crippen LogP contribution in [0.3, 0.4) is 0 Å². The molecule has 1 aliphatic carbocycles. The lowest BCUT2D eigenvalue weighted by Gasteiger charge is -2.19. The van der Waals surface area contributed by atoms with Crippen LogP contribution in [-0.2, 0) is 0 Å². The minimum atomic E-state index is 0.601. The molecule has 0 radical (unpaired) electrons. The monoisotopic (exact) mass is 223 g/mol. The summed E-state index contributed by atoms with van der Waals surface area (Å²) in [5.41, 5.74) is 2.35. The van der Waals surface area contributed by atoms with E-state index in [1.807, 2.05) is 12.1 Å². The lowest BCUT2D eigenvalue weighted by molar-refractivity contribution is 0.556. The zero-order valence-corrected chi connectivity index (χ0v) is 10.1. The highest BCUT2D eigenvalue weighted by atomic mass is 35.5. The summed E-state index contributed by atoms with van der Waals surface area (Å²) < 4.78 is 0. The fraction of sp³-hybridized carbons (Fsp3) is 0.538. The predicted octanol–water partition coefficient (Wildman–Crippen LogP) is 4.25. The first-order chi connectivity index (χ1) is 7.16. The highest BCUT2D eigenvalue weighted by molar-refractivity contribution is 6.33. The topological polar surface area (TPSA) is 12.0 Å². The molecule has 0 aliphatic heterocycles. The van der Waals surface area contributed by atoms with E-state index >= 15 is 0 Å². The molecule has 0 saturated heterocycles. The number of aryl methyl sites for hydroxylation is 1. The van der Waals surface area contributed by atoms with E-state index in [-0.39, 0.29) is 0 Å². The van der Waals surface area contributed by atoms with Gasteiger partial charge >= 0.3 is 0 Å². The molecule has 2 unspecified atom stereocenters. The molecule has 1 aromatic carbocycles. The minimum absolute atomic E-state index is 0.601. The molecule has 0 spiro atoms. The maximum atomic E-state index is 6.16. The Morgan fingerprint density at radius 1 is 1.33 bits per heavy atom. The summed E-state index contributed by atoms with van der Waals surface area (Å²) >= 11 is 6.16. The molecule has 2 heteroatoms. The average molecular weight is 224 g/mol. The van der Waals surface area contributed by atoms with Crippen LogP contribution in [0.1, 0.15) is 31.7 Å². The van der Waals surface area contributed by atoms with E-state index in [0.29, 0.717) is 6.04 Å². The summed E-state index contributed by atoms with van der Waals surface area (Å²) in [7, 11) is 0. The molecule has 0 amide bonds. The number of benzene rings is 1. The molecule has 1 saturated carbocycles. The van der Waals surface area contributed by atoms with Gasteiger partial charge in [0, 0.05) is 6.04 Å². The van der Waals surface area contributed by atoms with Crippen LogP contribution in [0.15, 0.2) is 18.2 Å². The Kier molecular flexibility index (Phi) is 3.20. The van der Waals surface area contributed by atoms with Gasteiger partial charge in [-0.1, -0.05) is 31.0 Å². The van der Waals surface area contributed by atoms with Crippen molar-refractivity contribution in [3.63, 3.8) is 0 Å². The number of hydrogen-bond acceptors (Lipinski definition) is 1.